The molecule has 0 aliphatic carbocycles. The van der Waals surface area contributed by atoms with Crippen LogP contribution >= 0.6 is 23.2 Å². The number of aliphatic hydroxyl groups is 1. The van der Waals surface area contributed by atoms with Gasteiger partial charge in [0.25, 0.3) is 0 Å². The summed E-state index contributed by atoms with van der Waals surface area (Å²) in [5, 5.41) is 15.9. The van der Waals surface area contributed by atoms with Crippen LogP contribution in [0.1, 0.15) is 35.2 Å². The lowest BCUT2D eigenvalue weighted by Gasteiger charge is -2.10. The molecule has 0 bridgehead atoms. The van der Waals surface area contributed by atoms with Gasteiger partial charge in [0.05, 0.1) is 56.7 Å². The number of carbonyl (C=O) groups excluding carboxylic acids is 5. The summed E-state index contributed by atoms with van der Waals surface area (Å²) >= 11 is 11.6. The number of benzene rings is 2. The highest BCUT2D eigenvalue weighted by molar-refractivity contribution is 6.31. The number of carbonyl (C=O) groups is 5. The Balaban J connectivity index is 0.000000268. The lowest BCUT2D eigenvalue weighted by atomic mass is 10.1. The molecule has 2 amide bonds. The van der Waals surface area contributed by atoms with Crippen molar-refractivity contribution in [3.63, 3.8) is 0 Å². The number of hydrogen-bond donors (Lipinski definition) is 3. The van der Waals surface area contributed by atoms with Gasteiger partial charge < -0.3 is 30.0 Å². The summed E-state index contributed by atoms with van der Waals surface area (Å²) in [7, 11) is 3.67. The Labute approximate surface area is 227 Å². The molecule has 38 heavy (non-hydrogen) atoms. The molecule has 0 aromatic heterocycles. The van der Waals surface area contributed by atoms with Crippen LogP contribution in [0.2, 0.25) is 10.0 Å². The van der Waals surface area contributed by atoms with Crippen LogP contribution in [-0.2, 0) is 33.4 Å². The summed E-state index contributed by atoms with van der Waals surface area (Å²) in [6, 6.07) is 8.99. The molecule has 0 radical (unpaired) electrons. The van der Waals surface area contributed by atoms with Crippen LogP contribution in [-0.4, -0.2) is 56.2 Å². The van der Waals surface area contributed by atoms with E-state index in [-0.39, 0.29) is 41.8 Å². The molecule has 0 unspecified atom stereocenters. The highest BCUT2D eigenvalue weighted by Crippen LogP contribution is 2.32. The number of esters is 3. The number of methoxy groups -OCH3 is 3. The van der Waals surface area contributed by atoms with Gasteiger partial charge in [0.2, 0.25) is 11.8 Å². The van der Waals surface area contributed by atoms with Crippen molar-refractivity contribution in [3.05, 3.63) is 63.1 Å². The predicted molar refractivity (Wildman–Crippen MR) is 139 cm³/mol. The van der Waals surface area contributed by atoms with Gasteiger partial charge in [-0.05, 0) is 36.4 Å². The average Bonchev–Trinajstić information content (AvgIpc) is 3.01. The lowest BCUT2D eigenvalue weighted by molar-refractivity contribution is -0.141. The highest BCUT2D eigenvalue weighted by atomic mass is 35.5. The maximum atomic E-state index is 11.7. The number of rotatable bonds is 6. The zero-order valence-electron chi connectivity index (χ0n) is 20.6. The van der Waals surface area contributed by atoms with Crippen molar-refractivity contribution in [2.75, 3.05) is 32.0 Å². The summed E-state index contributed by atoms with van der Waals surface area (Å²) < 4.78 is 13.6. The molecule has 202 valence electrons. The molecule has 3 rings (SSSR count). The average molecular weight is 567 g/mol. The first kappa shape index (κ1) is 30.1. The van der Waals surface area contributed by atoms with E-state index in [1.54, 1.807) is 6.07 Å². The monoisotopic (exact) mass is 566 g/mol. The van der Waals surface area contributed by atoms with E-state index in [1.807, 2.05) is 0 Å². The van der Waals surface area contributed by atoms with E-state index in [2.05, 4.69) is 24.8 Å². The van der Waals surface area contributed by atoms with Crippen molar-refractivity contribution < 1.29 is 43.3 Å². The van der Waals surface area contributed by atoms with Gasteiger partial charge in [-0.3, -0.25) is 14.4 Å². The Bertz CT molecular complexity index is 1290. The summed E-state index contributed by atoms with van der Waals surface area (Å²) in [4.78, 5) is 57.3. The third-order valence-corrected chi connectivity index (χ3v) is 5.48. The van der Waals surface area contributed by atoms with E-state index >= 15 is 0 Å². The summed E-state index contributed by atoms with van der Waals surface area (Å²) in [6.07, 6.45) is -0.346. The molecule has 1 aliphatic rings. The van der Waals surface area contributed by atoms with Crippen LogP contribution < -0.4 is 10.6 Å². The van der Waals surface area contributed by atoms with E-state index in [4.69, 9.17) is 23.2 Å². The fourth-order valence-electron chi connectivity index (χ4n) is 3.16. The Morgan fingerprint density at radius 3 is 2.18 bits per heavy atom. The second-order valence-corrected chi connectivity index (χ2v) is 8.41. The second kappa shape index (κ2) is 14.0. The van der Waals surface area contributed by atoms with Crippen LogP contribution in [0.4, 0.5) is 11.4 Å². The topological polar surface area (TPSA) is 157 Å². The Hall–Kier alpha value is -4.09. The molecular formula is C25H24Cl2N2O9. The van der Waals surface area contributed by atoms with Crippen molar-refractivity contribution in [3.8, 4) is 0 Å². The largest absolute Gasteiger partial charge is 0.507 e. The third kappa shape index (κ3) is 8.22. The van der Waals surface area contributed by atoms with Crippen LogP contribution in [0.3, 0.4) is 0 Å². The molecule has 2 aromatic carbocycles. The molecule has 11 nitrogen and oxygen atoms in total. The van der Waals surface area contributed by atoms with Crippen molar-refractivity contribution >= 4 is 70.1 Å². The van der Waals surface area contributed by atoms with Crippen molar-refractivity contribution in [2.45, 2.75) is 19.3 Å². The van der Waals surface area contributed by atoms with Crippen LogP contribution in [0, 0.1) is 0 Å². The molecule has 0 saturated heterocycles. The maximum Gasteiger partial charge on any atom is 0.339 e. The minimum atomic E-state index is -0.731. The normalized spacial score (nSPS) is 12.1. The van der Waals surface area contributed by atoms with Crippen molar-refractivity contribution in [1.82, 2.24) is 0 Å². The third-order valence-electron chi connectivity index (χ3n) is 5.01. The van der Waals surface area contributed by atoms with Gasteiger partial charge in [0.15, 0.2) is 0 Å². The molecule has 0 saturated carbocycles. The number of amides is 2. The molecule has 0 spiro atoms. The number of aliphatic hydroxyl groups excluding tert-OH is 1. The molecule has 1 heterocycles. The zero-order chi connectivity index (χ0) is 28.4. The fraction of sp³-hybridized carbons (Fsp3) is 0.240. The lowest BCUT2D eigenvalue weighted by Crippen LogP contribution is -2.16. The SMILES string of the molecule is COC(=O)C1=C(O)c2ccc(Cl)cc2NC(=O)C1.COC(=O)CCC(=O)Nc1cc(Cl)ccc1C(=O)OC. The van der Waals surface area contributed by atoms with Gasteiger partial charge in [-0.15, -0.1) is 0 Å². The predicted octanol–water partition coefficient (Wildman–Crippen LogP) is 4.14. The van der Waals surface area contributed by atoms with Crippen molar-refractivity contribution in [1.29, 1.82) is 0 Å². The molecule has 13 heteroatoms. The number of hydrogen-bond acceptors (Lipinski definition) is 9. The number of nitrogens with one attached hydrogen (secondary N) is 2. The van der Waals surface area contributed by atoms with E-state index in [1.165, 1.54) is 51.7 Å². The van der Waals surface area contributed by atoms with Gasteiger partial charge in [0, 0.05) is 22.0 Å². The Morgan fingerprint density at radius 1 is 0.921 bits per heavy atom. The minimum Gasteiger partial charge on any atom is -0.507 e. The first-order valence-corrected chi connectivity index (χ1v) is 11.6. The quantitative estimate of drug-likeness (QED) is 0.345. The summed E-state index contributed by atoms with van der Waals surface area (Å²) in [5.41, 5.74) is 1.05. The van der Waals surface area contributed by atoms with Gasteiger partial charge in [-0.1, -0.05) is 23.2 Å². The van der Waals surface area contributed by atoms with Crippen LogP contribution in [0.25, 0.3) is 5.76 Å². The molecule has 3 N–H and O–H groups in total. The minimum absolute atomic E-state index is 0.0452. The van der Waals surface area contributed by atoms with E-state index < -0.39 is 29.7 Å². The molecule has 0 atom stereocenters. The first-order chi connectivity index (χ1) is 18.0. The molecule has 1 aliphatic heterocycles. The zero-order valence-corrected chi connectivity index (χ0v) is 22.1. The Morgan fingerprint density at radius 2 is 1.55 bits per heavy atom. The van der Waals surface area contributed by atoms with Crippen LogP contribution in [0.15, 0.2) is 42.0 Å². The summed E-state index contributed by atoms with van der Waals surface area (Å²) in [6.45, 7) is 0. The van der Waals surface area contributed by atoms with Gasteiger partial charge in [0.1, 0.15) is 5.76 Å². The molecular weight excluding hydrogens is 543 g/mol. The van der Waals surface area contributed by atoms with E-state index in [0.29, 0.717) is 21.3 Å². The highest BCUT2D eigenvalue weighted by Gasteiger charge is 2.26. The smallest absolute Gasteiger partial charge is 0.339 e. The number of halogens is 2. The van der Waals surface area contributed by atoms with E-state index in [0.717, 1.165) is 0 Å². The van der Waals surface area contributed by atoms with Crippen molar-refractivity contribution in [2.24, 2.45) is 0 Å². The first-order valence-electron chi connectivity index (χ1n) is 10.8. The molecule has 2 aromatic rings. The number of anilines is 2. The van der Waals surface area contributed by atoms with Gasteiger partial charge in [-0.25, -0.2) is 9.59 Å². The van der Waals surface area contributed by atoms with Crippen LogP contribution in [0.5, 0.6) is 0 Å². The standard InChI is InChI=1S/C13H14ClNO5.C12H10ClNO4/c1-19-12(17)6-5-11(16)15-10-7-8(14)3-4-9(10)13(18)20-2;1-18-12(17)8-5-10(15)14-9-4-6(13)2-3-7(9)11(8)16/h3-4,7H,5-6H2,1-2H3,(H,15,16);2-4,16H,5H2,1H3,(H,14,15). The fourth-order valence-corrected chi connectivity index (χ4v) is 3.50. The molecule has 0 fully saturated rings. The summed E-state index contributed by atoms with van der Waals surface area (Å²) in [5.74, 6) is -2.92. The number of ether oxygens (including phenoxy) is 3. The second-order valence-electron chi connectivity index (χ2n) is 7.54. The number of fused-ring (bicyclic) bond motifs is 1. The van der Waals surface area contributed by atoms with Gasteiger partial charge >= 0.3 is 17.9 Å². The maximum absolute atomic E-state index is 11.7. The van der Waals surface area contributed by atoms with Gasteiger partial charge in [-0.2, -0.15) is 0 Å². The van der Waals surface area contributed by atoms with E-state index in [9.17, 15) is 29.1 Å². The Kier molecular flexibility index (Phi) is 11.1.